The standard InChI is InChI=1S/C11H8F2N4O2/c12-6-1-2-9(8(13)5-6)19-11-7(10(14)17-18)3-4-15-16-11/h1-5,18H,(H2,14,17). The zero-order valence-corrected chi connectivity index (χ0v) is 9.42. The average molecular weight is 266 g/mol. The van der Waals surface area contributed by atoms with E-state index in [-0.39, 0.29) is 23.0 Å². The molecule has 0 spiro atoms. The number of rotatable bonds is 3. The first-order chi connectivity index (χ1) is 9.11. The Balaban J connectivity index is 2.38. The third-order valence-corrected chi connectivity index (χ3v) is 2.17. The molecular weight excluding hydrogens is 258 g/mol. The van der Waals surface area contributed by atoms with Gasteiger partial charge in [0, 0.05) is 6.07 Å². The summed E-state index contributed by atoms with van der Waals surface area (Å²) in [5.74, 6) is -2.33. The predicted octanol–water partition coefficient (Wildman–Crippen LogP) is 1.64. The minimum atomic E-state index is -0.906. The molecule has 0 bridgehead atoms. The Morgan fingerprint density at radius 1 is 1.32 bits per heavy atom. The van der Waals surface area contributed by atoms with Crippen LogP contribution in [0.3, 0.4) is 0 Å². The molecule has 3 N–H and O–H groups in total. The number of halogens is 2. The largest absolute Gasteiger partial charge is 0.434 e. The lowest BCUT2D eigenvalue weighted by molar-refractivity contribution is 0.318. The maximum atomic E-state index is 13.4. The van der Waals surface area contributed by atoms with Crippen molar-refractivity contribution in [2.75, 3.05) is 0 Å². The molecule has 19 heavy (non-hydrogen) atoms. The second-order valence-electron chi connectivity index (χ2n) is 3.41. The van der Waals surface area contributed by atoms with Crippen LogP contribution >= 0.6 is 0 Å². The van der Waals surface area contributed by atoms with Crippen LogP contribution in [0.15, 0.2) is 35.6 Å². The van der Waals surface area contributed by atoms with Crippen LogP contribution in [0.2, 0.25) is 0 Å². The molecule has 0 fully saturated rings. The van der Waals surface area contributed by atoms with Gasteiger partial charge in [0.2, 0.25) is 5.88 Å². The highest BCUT2D eigenvalue weighted by Gasteiger charge is 2.13. The van der Waals surface area contributed by atoms with Crippen molar-refractivity contribution in [1.29, 1.82) is 0 Å². The van der Waals surface area contributed by atoms with Gasteiger partial charge in [0.05, 0.1) is 11.8 Å². The van der Waals surface area contributed by atoms with Gasteiger partial charge in [0.25, 0.3) is 0 Å². The van der Waals surface area contributed by atoms with Crippen molar-refractivity contribution >= 4 is 5.84 Å². The number of amidine groups is 1. The van der Waals surface area contributed by atoms with Gasteiger partial charge in [0.1, 0.15) is 5.82 Å². The molecule has 1 heterocycles. The van der Waals surface area contributed by atoms with Gasteiger partial charge in [-0.25, -0.2) is 8.78 Å². The fourth-order valence-electron chi connectivity index (χ4n) is 1.31. The zero-order valence-electron chi connectivity index (χ0n) is 9.42. The van der Waals surface area contributed by atoms with E-state index in [4.69, 9.17) is 15.7 Å². The van der Waals surface area contributed by atoms with Crippen LogP contribution in [0.5, 0.6) is 11.6 Å². The van der Waals surface area contributed by atoms with Crippen LogP contribution in [0, 0.1) is 11.6 Å². The van der Waals surface area contributed by atoms with Crippen LogP contribution in [0.25, 0.3) is 0 Å². The molecule has 1 aromatic heterocycles. The van der Waals surface area contributed by atoms with E-state index in [1.54, 1.807) is 0 Å². The van der Waals surface area contributed by atoms with Crippen molar-refractivity contribution in [3.8, 4) is 11.6 Å². The van der Waals surface area contributed by atoms with Gasteiger partial charge in [-0.2, -0.15) is 5.10 Å². The third-order valence-electron chi connectivity index (χ3n) is 2.17. The molecule has 98 valence electrons. The van der Waals surface area contributed by atoms with Gasteiger partial charge in [-0.1, -0.05) is 5.16 Å². The maximum absolute atomic E-state index is 13.4. The Labute approximate surface area is 106 Å². The van der Waals surface area contributed by atoms with Crippen LogP contribution in [0.1, 0.15) is 5.56 Å². The number of nitrogens with zero attached hydrogens (tertiary/aromatic N) is 3. The lowest BCUT2D eigenvalue weighted by atomic mass is 10.2. The first-order valence-corrected chi connectivity index (χ1v) is 5.04. The Bertz CT molecular complexity index is 634. The number of nitrogens with two attached hydrogens (primary N) is 1. The lowest BCUT2D eigenvalue weighted by Gasteiger charge is -2.08. The van der Waals surface area contributed by atoms with E-state index in [0.29, 0.717) is 6.07 Å². The highest BCUT2D eigenvalue weighted by molar-refractivity contribution is 5.98. The highest BCUT2D eigenvalue weighted by Crippen LogP contribution is 2.25. The molecule has 0 aliphatic heterocycles. The fraction of sp³-hybridized carbons (Fsp3) is 0. The molecule has 0 saturated heterocycles. The number of benzene rings is 1. The normalized spacial score (nSPS) is 11.4. The summed E-state index contributed by atoms with van der Waals surface area (Å²) in [6.45, 7) is 0. The van der Waals surface area contributed by atoms with Crippen LogP contribution in [-0.4, -0.2) is 21.2 Å². The Morgan fingerprint density at radius 3 is 2.79 bits per heavy atom. The van der Waals surface area contributed by atoms with E-state index in [9.17, 15) is 8.78 Å². The molecule has 0 unspecified atom stereocenters. The van der Waals surface area contributed by atoms with Gasteiger partial charge in [-0.15, -0.1) is 5.10 Å². The van der Waals surface area contributed by atoms with E-state index >= 15 is 0 Å². The summed E-state index contributed by atoms with van der Waals surface area (Å²) in [6, 6.07) is 4.15. The summed E-state index contributed by atoms with van der Waals surface area (Å²) < 4.78 is 31.3. The molecule has 0 saturated carbocycles. The summed E-state index contributed by atoms with van der Waals surface area (Å²) in [4.78, 5) is 0. The number of ether oxygens (including phenoxy) is 1. The minimum absolute atomic E-state index is 0.126. The van der Waals surface area contributed by atoms with E-state index in [2.05, 4.69) is 15.4 Å². The van der Waals surface area contributed by atoms with Crippen molar-refractivity contribution in [1.82, 2.24) is 10.2 Å². The molecule has 8 heteroatoms. The maximum Gasteiger partial charge on any atom is 0.250 e. The van der Waals surface area contributed by atoms with Gasteiger partial charge < -0.3 is 15.7 Å². The van der Waals surface area contributed by atoms with E-state index < -0.39 is 11.6 Å². The van der Waals surface area contributed by atoms with Gasteiger partial charge in [-0.05, 0) is 18.2 Å². The number of hydrogen-bond donors (Lipinski definition) is 2. The Morgan fingerprint density at radius 2 is 2.11 bits per heavy atom. The summed E-state index contributed by atoms with van der Waals surface area (Å²) in [7, 11) is 0. The first kappa shape index (κ1) is 12.7. The molecule has 0 amide bonds. The van der Waals surface area contributed by atoms with E-state index in [1.807, 2.05) is 0 Å². The molecule has 0 aliphatic carbocycles. The monoisotopic (exact) mass is 266 g/mol. The van der Waals surface area contributed by atoms with Crippen molar-refractivity contribution in [2.24, 2.45) is 10.9 Å². The van der Waals surface area contributed by atoms with Crippen LogP contribution < -0.4 is 10.5 Å². The van der Waals surface area contributed by atoms with E-state index in [0.717, 1.165) is 12.1 Å². The molecule has 2 rings (SSSR count). The van der Waals surface area contributed by atoms with Gasteiger partial charge in [0.15, 0.2) is 17.4 Å². The predicted molar refractivity (Wildman–Crippen MR) is 61.0 cm³/mol. The molecule has 0 aliphatic rings. The second kappa shape index (κ2) is 5.25. The van der Waals surface area contributed by atoms with Crippen molar-refractivity contribution in [3.63, 3.8) is 0 Å². The Hall–Kier alpha value is -2.77. The average Bonchev–Trinajstić information content (AvgIpc) is 2.41. The molecular formula is C11H8F2N4O2. The smallest absolute Gasteiger partial charge is 0.250 e. The SMILES string of the molecule is N/C(=N/O)c1ccnnc1Oc1ccc(F)cc1F. The van der Waals surface area contributed by atoms with Crippen LogP contribution in [-0.2, 0) is 0 Å². The molecule has 0 atom stereocenters. The number of oxime groups is 1. The molecule has 1 aromatic carbocycles. The van der Waals surface area contributed by atoms with Gasteiger partial charge >= 0.3 is 0 Å². The quantitative estimate of drug-likeness (QED) is 0.381. The van der Waals surface area contributed by atoms with Crippen molar-refractivity contribution < 1.29 is 18.7 Å². The topological polar surface area (TPSA) is 93.6 Å². The lowest BCUT2D eigenvalue weighted by Crippen LogP contribution is -2.15. The summed E-state index contributed by atoms with van der Waals surface area (Å²) in [5.41, 5.74) is 5.54. The first-order valence-electron chi connectivity index (χ1n) is 5.04. The summed E-state index contributed by atoms with van der Waals surface area (Å²) in [5, 5.41) is 18.5. The number of hydrogen-bond acceptors (Lipinski definition) is 5. The Kier molecular flexibility index (Phi) is 3.51. The third kappa shape index (κ3) is 2.73. The van der Waals surface area contributed by atoms with Crippen LogP contribution in [0.4, 0.5) is 8.78 Å². The van der Waals surface area contributed by atoms with Crippen molar-refractivity contribution in [3.05, 3.63) is 47.7 Å². The summed E-state index contributed by atoms with van der Waals surface area (Å²) >= 11 is 0. The zero-order chi connectivity index (χ0) is 13.8. The number of aromatic nitrogens is 2. The van der Waals surface area contributed by atoms with E-state index in [1.165, 1.54) is 12.3 Å². The fourth-order valence-corrected chi connectivity index (χ4v) is 1.31. The van der Waals surface area contributed by atoms with Gasteiger partial charge in [-0.3, -0.25) is 0 Å². The molecule has 2 aromatic rings. The molecule has 0 radical (unpaired) electrons. The second-order valence-corrected chi connectivity index (χ2v) is 3.41. The summed E-state index contributed by atoms with van der Waals surface area (Å²) in [6.07, 6.45) is 1.29. The molecule has 6 nitrogen and oxygen atoms in total. The highest BCUT2D eigenvalue weighted by atomic mass is 19.1. The minimum Gasteiger partial charge on any atom is -0.434 e. The van der Waals surface area contributed by atoms with Crippen molar-refractivity contribution in [2.45, 2.75) is 0 Å².